The zero-order chi connectivity index (χ0) is 19.3. The number of rotatable bonds is 1. The molecule has 0 spiro atoms. The summed E-state index contributed by atoms with van der Waals surface area (Å²) in [5, 5.41) is 0.666. The molecule has 0 amide bonds. The van der Waals surface area contributed by atoms with Gasteiger partial charge in [0.15, 0.2) is 5.76 Å². The SMILES string of the molecule is CC(C)(C)c1cc2c(c(C(C)(C)C)c1)O/C(=C\c1ccc(Cl)cc1)C2=O. The Labute approximate surface area is 160 Å². The lowest BCUT2D eigenvalue weighted by molar-refractivity contribution is 0.101. The lowest BCUT2D eigenvalue weighted by Gasteiger charge is -2.26. The highest BCUT2D eigenvalue weighted by atomic mass is 35.5. The van der Waals surface area contributed by atoms with Crippen molar-refractivity contribution >= 4 is 23.5 Å². The van der Waals surface area contributed by atoms with Gasteiger partial charge >= 0.3 is 0 Å². The van der Waals surface area contributed by atoms with E-state index in [1.807, 2.05) is 18.2 Å². The number of halogens is 1. The normalized spacial score (nSPS) is 16.0. The van der Waals surface area contributed by atoms with E-state index in [0.717, 1.165) is 16.7 Å². The number of hydrogen-bond acceptors (Lipinski definition) is 2. The summed E-state index contributed by atoms with van der Waals surface area (Å²) in [6, 6.07) is 11.5. The average molecular weight is 369 g/mol. The molecular formula is C23H25ClO2. The van der Waals surface area contributed by atoms with Crippen LogP contribution in [0.15, 0.2) is 42.2 Å². The average Bonchev–Trinajstić information content (AvgIpc) is 2.83. The lowest BCUT2D eigenvalue weighted by atomic mass is 9.79. The number of hydrogen-bond donors (Lipinski definition) is 0. The number of carbonyl (C=O) groups excluding carboxylic acids is 1. The minimum atomic E-state index is -0.124. The van der Waals surface area contributed by atoms with Gasteiger partial charge in [0.1, 0.15) is 5.75 Å². The van der Waals surface area contributed by atoms with Gasteiger partial charge in [-0.15, -0.1) is 0 Å². The van der Waals surface area contributed by atoms with Gasteiger partial charge in [-0.1, -0.05) is 71.3 Å². The molecule has 0 atom stereocenters. The standard InChI is InChI=1S/C23H25ClO2/c1-22(2,3)15-12-17-20(25)19(11-14-7-9-16(24)10-8-14)26-21(17)18(13-15)23(4,5)6/h7-13H,1-6H3/b19-11-. The Hall–Kier alpha value is -2.06. The maximum absolute atomic E-state index is 13.0. The number of ether oxygens (including phenoxy) is 1. The maximum Gasteiger partial charge on any atom is 0.231 e. The summed E-state index contributed by atoms with van der Waals surface area (Å²) in [7, 11) is 0. The number of fused-ring (bicyclic) bond motifs is 1. The molecule has 0 aliphatic carbocycles. The highest BCUT2D eigenvalue weighted by Crippen LogP contribution is 2.43. The number of allylic oxidation sites excluding steroid dienone is 1. The van der Waals surface area contributed by atoms with Gasteiger partial charge in [0.05, 0.1) is 5.56 Å². The second-order valence-corrected chi connectivity index (χ2v) is 9.33. The Morgan fingerprint density at radius 1 is 0.923 bits per heavy atom. The first-order valence-corrected chi connectivity index (χ1v) is 9.23. The number of ketones is 1. The molecule has 0 unspecified atom stereocenters. The fourth-order valence-corrected chi connectivity index (χ4v) is 3.12. The maximum atomic E-state index is 13.0. The van der Waals surface area contributed by atoms with E-state index >= 15 is 0 Å². The van der Waals surface area contributed by atoms with E-state index in [1.54, 1.807) is 18.2 Å². The molecule has 0 radical (unpaired) electrons. The molecule has 3 heteroatoms. The minimum Gasteiger partial charge on any atom is -0.452 e. The Bertz CT molecular complexity index is 892. The zero-order valence-corrected chi connectivity index (χ0v) is 17.0. The molecule has 0 bridgehead atoms. The second kappa shape index (κ2) is 6.28. The van der Waals surface area contributed by atoms with Crippen LogP contribution in [0.5, 0.6) is 5.75 Å². The third-order valence-electron chi connectivity index (χ3n) is 4.61. The van der Waals surface area contributed by atoms with E-state index in [4.69, 9.17) is 16.3 Å². The van der Waals surface area contributed by atoms with Gasteiger partial charge in [-0.05, 0) is 46.2 Å². The number of benzene rings is 2. The van der Waals surface area contributed by atoms with Crippen molar-refractivity contribution in [2.45, 2.75) is 52.4 Å². The van der Waals surface area contributed by atoms with Crippen LogP contribution in [0.3, 0.4) is 0 Å². The molecule has 1 heterocycles. The van der Waals surface area contributed by atoms with Gasteiger partial charge in [0, 0.05) is 10.6 Å². The van der Waals surface area contributed by atoms with Crippen molar-refractivity contribution in [2.24, 2.45) is 0 Å². The quantitative estimate of drug-likeness (QED) is 0.533. The van der Waals surface area contributed by atoms with Crippen LogP contribution < -0.4 is 4.74 Å². The van der Waals surface area contributed by atoms with E-state index < -0.39 is 0 Å². The third-order valence-corrected chi connectivity index (χ3v) is 4.86. The topological polar surface area (TPSA) is 26.3 Å². The summed E-state index contributed by atoms with van der Waals surface area (Å²) in [5.74, 6) is 0.987. The van der Waals surface area contributed by atoms with E-state index in [1.165, 1.54) is 0 Å². The van der Waals surface area contributed by atoms with Crippen molar-refractivity contribution in [1.29, 1.82) is 0 Å². The Balaban J connectivity index is 2.13. The van der Waals surface area contributed by atoms with E-state index in [9.17, 15) is 4.79 Å². The fraction of sp³-hybridized carbons (Fsp3) is 0.348. The molecule has 1 aliphatic rings. The number of Topliss-reactive ketones (excluding diaryl/α,β-unsaturated/α-hetero) is 1. The summed E-state index contributed by atoms with van der Waals surface area (Å²) in [5.41, 5.74) is 3.58. The Morgan fingerprint density at radius 3 is 2.08 bits per heavy atom. The molecule has 2 aromatic rings. The van der Waals surface area contributed by atoms with Crippen LogP contribution >= 0.6 is 11.6 Å². The summed E-state index contributed by atoms with van der Waals surface area (Å²) in [6.07, 6.45) is 1.78. The molecule has 136 valence electrons. The van der Waals surface area contributed by atoms with Crippen LogP contribution in [0.2, 0.25) is 5.02 Å². The van der Waals surface area contributed by atoms with Gasteiger partial charge in [0.2, 0.25) is 5.78 Å². The van der Waals surface area contributed by atoms with Gasteiger partial charge < -0.3 is 4.74 Å². The molecule has 3 rings (SSSR count). The van der Waals surface area contributed by atoms with Crippen LogP contribution in [0.1, 0.15) is 68.6 Å². The first-order chi connectivity index (χ1) is 12.0. The fourth-order valence-electron chi connectivity index (χ4n) is 2.99. The summed E-state index contributed by atoms with van der Waals surface area (Å²) >= 11 is 5.94. The van der Waals surface area contributed by atoms with Crippen molar-refractivity contribution in [3.8, 4) is 5.75 Å². The van der Waals surface area contributed by atoms with Crippen LogP contribution in [-0.2, 0) is 10.8 Å². The summed E-state index contributed by atoms with van der Waals surface area (Å²) in [4.78, 5) is 13.0. The molecular weight excluding hydrogens is 344 g/mol. The summed E-state index contributed by atoms with van der Waals surface area (Å²) in [6.45, 7) is 12.9. The van der Waals surface area contributed by atoms with Crippen LogP contribution in [0.4, 0.5) is 0 Å². The second-order valence-electron chi connectivity index (χ2n) is 8.89. The molecule has 1 aliphatic heterocycles. The Morgan fingerprint density at radius 2 is 1.54 bits per heavy atom. The minimum absolute atomic E-state index is 0.0437. The van der Waals surface area contributed by atoms with E-state index in [2.05, 4.69) is 47.6 Å². The van der Waals surface area contributed by atoms with Gasteiger partial charge in [-0.25, -0.2) is 0 Å². The van der Waals surface area contributed by atoms with Crippen LogP contribution in [0.25, 0.3) is 6.08 Å². The predicted octanol–water partition coefficient (Wildman–Crippen LogP) is 6.55. The van der Waals surface area contributed by atoms with Crippen LogP contribution in [-0.4, -0.2) is 5.78 Å². The van der Waals surface area contributed by atoms with Crippen molar-refractivity contribution in [3.63, 3.8) is 0 Å². The molecule has 0 aromatic heterocycles. The van der Waals surface area contributed by atoms with Crippen molar-refractivity contribution in [2.75, 3.05) is 0 Å². The molecule has 2 nitrogen and oxygen atoms in total. The van der Waals surface area contributed by atoms with Crippen LogP contribution in [0, 0.1) is 0 Å². The highest BCUT2D eigenvalue weighted by molar-refractivity contribution is 6.30. The van der Waals surface area contributed by atoms with Gasteiger partial charge in [-0.3, -0.25) is 4.79 Å². The van der Waals surface area contributed by atoms with Gasteiger partial charge in [-0.2, -0.15) is 0 Å². The van der Waals surface area contributed by atoms with E-state index in [-0.39, 0.29) is 16.6 Å². The van der Waals surface area contributed by atoms with Crippen molar-refractivity contribution in [1.82, 2.24) is 0 Å². The first-order valence-electron chi connectivity index (χ1n) is 8.85. The lowest BCUT2D eigenvalue weighted by Crippen LogP contribution is -2.17. The van der Waals surface area contributed by atoms with E-state index in [0.29, 0.717) is 22.1 Å². The first kappa shape index (κ1) is 18.7. The molecule has 0 saturated heterocycles. The van der Waals surface area contributed by atoms with Gasteiger partial charge in [0.25, 0.3) is 0 Å². The molecule has 2 aromatic carbocycles. The largest absolute Gasteiger partial charge is 0.452 e. The molecule has 26 heavy (non-hydrogen) atoms. The van der Waals surface area contributed by atoms with Crippen molar-refractivity contribution < 1.29 is 9.53 Å². The predicted molar refractivity (Wildman–Crippen MR) is 108 cm³/mol. The Kier molecular flexibility index (Phi) is 4.52. The zero-order valence-electron chi connectivity index (χ0n) is 16.2. The third kappa shape index (κ3) is 3.57. The molecule has 0 N–H and O–H groups in total. The smallest absolute Gasteiger partial charge is 0.231 e. The molecule has 0 fully saturated rings. The number of carbonyl (C=O) groups is 1. The summed E-state index contributed by atoms with van der Waals surface area (Å²) < 4.78 is 6.06. The highest BCUT2D eigenvalue weighted by Gasteiger charge is 2.35. The van der Waals surface area contributed by atoms with Crippen molar-refractivity contribution in [3.05, 3.63) is 69.4 Å². The molecule has 0 saturated carbocycles. The monoisotopic (exact) mass is 368 g/mol.